The highest BCUT2D eigenvalue weighted by Crippen LogP contribution is 2.14. The van der Waals surface area contributed by atoms with Crippen LogP contribution in [0, 0.1) is 5.82 Å². The monoisotopic (exact) mass is 170 g/mol. The summed E-state index contributed by atoms with van der Waals surface area (Å²) in [4.78, 5) is 8.73. The van der Waals surface area contributed by atoms with Crippen molar-refractivity contribution < 1.29 is 9.23 Å². The number of hydrogen-bond donors (Lipinski definition) is 1. The minimum absolute atomic E-state index is 0.196. The van der Waals surface area contributed by atoms with Crippen LogP contribution in [0.5, 0.6) is 0 Å². The number of nitrogens with one attached hydrogen (secondary N) is 1. The van der Waals surface area contributed by atoms with Gasteiger partial charge >= 0.3 is 0 Å². The summed E-state index contributed by atoms with van der Waals surface area (Å²) in [5, 5.41) is 0. The average Bonchev–Trinajstić information content (AvgIpc) is 2.05. The van der Waals surface area contributed by atoms with E-state index in [1.54, 1.807) is 13.2 Å². The fourth-order valence-electron chi connectivity index (χ4n) is 0.895. The number of halogens is 1. The van der Waals surface area contributed by atoms with E-state index < -0.39 is 0 Å². The second-order valence-electron chi connectivity index (χ2n) is 2.40. The van der Waals surface area contributed by atoms with Crippen molar-refractivity contribution in [3.8, 4) is 0 Å². The summed E-state index contributed by atoms with van der Waals surface area (Å²) in [6, 6.07) is 1.40. The summed E-state index contributed by atoms with van der Waals surface area (Å²) in [5.74, 6) is -0.348. The van der Waals surface area contributed by atoms with E-state index in [1.165, 1.54) is 6.07 Å². The summed E-state index contributed by atoms with van der Waals surface area (Å²) >= 11 is 0. The lowest BCUT2D eigenvalue weighted by molar-refractivity contribution is -0.00292. The highest BCUT2D eigenvalue weighted by Gasteiger charge is 2.05. The molecule has 0 aliphatic heterocycles. The van der Waals surface area contributed by atoms with E-state index in [0.717, 1.165) is 6.20 Å². The Morgan fingerprint density at radius 3 is 2.92 bits per heavy atom. The van der Waals surface area contributed by atoms with E-state index in [-0.39, 0.29) is 11.9 Å². The van der Waals surface area contributed by atoms with Crippen molar-refractivity contribution >= 4 is 0 Å². The van der Waals surface area contributed by atoms with E-state index in [4.69, 9.17) is 4.84 Å². The van der Waals surface area contributed by atoms with Crippen LogP contribution >= 0.6 is 0 Å². The van der Waals surface area contributed by atoms with Gasteiger partial charge < -0.3 is 0 Å². The highest BCUT2D eigenvalue weighted by molar-refractivity contribution is 5.12. The predicted octanol–water partition coefficient (Wildman–Crippen LogP) is 1.43. The summed E-state index contributed by atoms with van der Waals surface area (Å²) in [7, 11) is 1.66. The van der Waals surface area contributed by atoms with Gasteiger partial charge in [-0.2, -0.15) is 0 Å². The molecule has 0 aliphatic rings. The maximum Gasteiger partial charge on any atom is 0.141 e. The van der Waals surface area contributed by atoms with Gasteiger partial charge in [0.1, 0.15) is 11.9 Å². The van der Waals surface area contributed by atoms with Crippen LogP contribution in [0.4, 0.5) is 4.39 Å². The molecule has 12 heavy (non-hydrogen) atoms. The Kier molecular flexibility index (Phi) is 3.13. The summed E-state index contributed by atoms with van der Waals surface area (Å²) in [6.45, 7) is 1.81. The number of hydroxylamine groups is 1. The molecule has 4 heteroatoms. The molecule has 0 fully saturated rings. The molecule has 0 saturated carbocycles. The molecule has 1 aromatic rings. The van der Waals surface area contributed by atoms with Crippen LogP contribution in [0.2, 0.25) is 0 Å². The fraction of sp³-hybridized carbons (Fsp3) is 0.375. The molecule has 3 nitrogen and oxygen atoms in total. The molecule has 0 aromatic carbocycles. The summed E-state index contributed by atoms with van der Waals surface area (Å²) < 4.78 is 12.6. The average molecular weight is 170 g/mol. The molecule has 1 aromatic heterocycles. The predicted molar refractivity (Wildman–Crippen MR) is 42.8 cm³/mol. The molecule has 1 rings (SSSR count). The zero-order chi connectivity index (χ0) is 8.97. The zero-order valence-corrected chi connectivity index (χ0v) is 7.04. The molecule has 0 saturated heterocycles. The van der Waals surface area contributed by atoms with Crippen LogP contribution in [-0.2, 0) is 4.84 Å². The molecule has 0 aliphatic carbocycles. The lowest BCUT2D eigenvalue weighted by Gasteiger charge is -2.10. The lowest BCUT2D eigenvalue weighted by atomic mass is 10.2. The number of aromatic nitrogens is 1. The van der Waals surface area contributed by atoms with Crippen molar-refractivity contribution in [2.75, 3.05) is 7.05 Å². The van der Waals surface area contributed by atoms with Crippen LogP contribution < -0.4 is 5.48 Å². The minimum atomic E-state index is -0.348. The first-order valence-corrected chi connectivity index (χ1v) is 3.67. The Hall–Kier alpha value is -1.00. The number of pyridine rings is 1. The number of hydrogen-bond acceptors (Lipinski definition) is 3. The van der Waals surface area contributed by atoms with E-state index >= 15 is 0 Å². The molecule has 0 radical (unpaired) electrons. The van der Waals surface area contributed by atoms with Gasteiger partial charge in [-0.15, -0.1) is 0 Å². The third-order valence-corrected chi connectivity index (χ3v) is 1.49. The molecule has 0 spiro atoms. The van der Waals surface area contributed by atoms with Gasteiger partial charge in [0, 0.05) is 18.8 Å². The first-order chi connectivity index (χ1) is 5.74. The van der Waals surface area contributed by atoms with Gasteiger partial charge in [0.2, 0.25) is 0 Å². The molecule has 1 atom stereocenters. The quantitative estimate of drug-likeness (QED) is 0.697. The maximum absolute atomic E-state index is 12.6. The van der Waals surface area contributed by atoms with E-state index in [2.05, 4.69) is 10.5 Å². The third-order valence-electron chi connectivity index (χ3n) is 1.49. The van der Waals surface area contributed by atoms with Gasteiger partial charge in [-0.25, -0.2) is 9.87 Å². The standard InChI is InChI=1S/C8H11FN2O/c1-6(12-10-2)7-3-8(9)5-11-4-7/h3-6,10H,1-2H3. The van der Waals surface area contributed by atoms with E-state index in [9.17, 15) is 4.39 Å². The first kappa shape index (κ1) is 9.09. The molecular formula is C8H11FN2O. The number of rotatable bonds is 3. The second kappa shape index (κ2) is 4.13. The smallest absolute Gasteiger partial charge is 0.141 e. The van der Waals surface area contributed by atoms with Crippen molar-refractivity contribution in [1.29, 1.82) is 0 Å². The van der Waals surface area contributed by atoms with Crippen molar-refractivity contribution in [3.63, 3.8) is 0 Å². The van der Waals surface area contributed by atoms with Gasteiger partial charge in [0.25, 0.3) is 0 Å². The number of nitrogens with zero attached hydrogens (tertiary/aromatic N) is 1. The molecule has 1 unspecified atom stereocenters. The Bertz CT molecular complexity index is 255. The van der Waals surface area contributed by atoms with E-state index in [0.29, 0.717) is 5.56 Å². The van der Waals surface area contributed by atoms with Gasteiger partial charge in [-0.05, 0) is 13.0 Å². The highest BCUT2D eigenvalue weighted by atomic mass is 19.1. The normalized spacial score (nSPS) is 12.9. The Morgan fingerprint density at radius 1 is 1.58 bits per heavy atom. The van der Waals surface area contributed by atoms with Crippen molar-refractivity contribution in [1.82, 2.24) is 10.5 Å². The second-order valence-corrected chi connectivity index (χ2v) is 2.40. The largest absolute Gasteiger partial charge is 0.294 e. The SMILES string of the molecule is CNOC(C)c1cncc(F)c1. The van der Waals surface area contributed by atoms with Gasteiger partial charge in [0.05, 0.1) is 6.20 Å². The fourth-order valence-corrected chi connectivity index (χ4v) is 0.895. The van der Waals surface area contributed by atoms with Gasteiger partial charge in [-0.1, -0.05) is 0 Å². The molecule has 0 bridgehead atoms. The topological polar surface area (TPSA) is 34.1 Å². The van der Waals surface area contributed by atoms with E-state index in [1.807, 2.05) is 6.92 Å². The van der Waals surface area contributed by atoms with Gasteiger partial charge in [-0.3, -0.25) is 9.82 Å². The van der Waals surface area contributed by atoms with Crippen LogP contribution in [0.3, 0.4) is 0 Å². The Labute approximate surface area is 70.5 Å². The molecule has 1 heterocycles. The van der Waals surface area contributed by atoms with Crippen LogP contribution in [-0.4, -0.2) is 12.0 Å². The van der Waals surface area contributed by atoms with Crippen molar-refractivity contribution in [2.24, 2.45) is 0 Å². The molecular weight excluding hydrogens is 159 g/mol. The minimum Gasteiger partial charge on any atom is -0.294 e. The molecule has 1 N–H and O–H groups in total. The zero-order valence-electron chi connectivity index (χ0n) is 7.04. The summed E-state index contributed by atoms with van der Waals surface area (Å²) in [5.41, 5.74) is 3.25. The summed E-state index contributed by atoms with van der Waals surface area (Å²) in [6.07, 6.45) is 2.54. The van der Waals surface area contributed by atoms with Crippen LogP contribution in [0.25, 0.3) is 0 Å². The van der Waals surface area contributed by atoms with Crippen LogP contribution in [0.1, 0.15) is 18.6 Å². The van der Waals surface area contributed by atoms with Crippen molar-refractivity contribution in [2.45, 2.75) is 13.0 Å². The maximum atomic E-state index is 12.6. The van der Waals surface area contributed by atoms with Gasteiger partial charge in [0.15, 0.2) is 0 Å². The van der Waals surface area contributed by atoms with Crippen molar-refractivity contribution in [3.05, 3.63) is 29.8 Å². The lowest BCUT2D eigenvalue weighted by Crippen LogP contribution is -2.11. The third kappa shape index (κ3) is 2.25. The molecule has 0 amide bonds. The van der Waals surface area contributed by atoms with Crippen LogP contribution in [0.15, 0.2) is 18.5 Å². The Balaban J connectivity index is 2.73. The molecule has 66 valence electrons. The first-order valence-electron chi connectivity index (χ1n) is 3.67. The Morgan fingerprint density at radius 2 is 2.33 bits per heavy atom.